The van der Waals surface area contributed by atoms with E-state index in [1.165, 1.54) is 5.39 Å². The second-order valence-electron chi connectivity index (χ2n) is 4.93. The van der Waals surface area contributed by atoms with Crippen LogP contribution in [0.2, 0.25) is 0 Å². The van der Waals surface area contributed by atoms with Crippen LogP contribution in [0.3, 0.4) is 0 Å². The lowest BCUT2D eigenvalue weighted by Crippen LogP contribution is -1.99. The number of benzene rings is 3. The summed E-state index contributed by atoms with van der Waals surface area (Å²) >= 11 is 0. The minimum Gasteiger partial charge on any atom is -0.150 e. The molecular formula is C17H13N3. The lowest BCUT2D eigenvalue weighted by molar-refractivity contribution is 0.771. The molecular weight excluding hydrogens is 246 g/mol. The zero-order valence-corrected chi connectivity index (χ0v) is 11.1. The van der Waals surface area contributed by atoms with Gasteiger partial charge >= 0.3 is 0 Å². The Morgan fingerprint density at radius 3 is 2.50 bits per heavy atom. The van der Waals surface area contributed by atoms with Gasteiger partial charge in [0.1, 0.15) is 11.0 Å². The van der Waals surface area contributed by atoms with Crippen LogP contribution in [0, 0.1) is 6.92 Å². The van der Waals surface area contributed by atoms with Crippen molar-refractivity contribution < 1.29 is 0 Å². The average molecular weight is 259 g/mol. The van der Waals surface area contributed by atoms with Crippen molar-refractivity contribution in [3.8, 4) is 5.69 Å². The molecule has 0 saturated heterocycles. The zero-order valence-electron chi connectivity index (χ0n) is 11.1. The fraction of sp³-hybridized carbons (Fsp3) is 0.0588. The summed E-state index contributed by atoms with van der Waals surface area (Å²) in [5.74, 6) is 0. The zero-order chi connectivity index (χ0) is 13.5. The molecule has 20 heavy (non-hydrogen) atoms. The van der Waals surface area contributed by atoms with Crippen molar-refractivity contribution in [2.24, 2.45) is 0 Å². The molecule has 3 aromatic carbocycles. The van der Waals surface area contributed by atoms with Gasteiger partial charge in [0.05, 0.1) is 5.69 Å². The van der Waals surface area contributed by atoms with Crippen molar-refractivity contribution in [1.82, 2.24) is 15.0 Å². The summed E-state index contributed by atoms with van der Waals surface area (Å²) < 4.78 is 0. The summed E-state index contributed by atoms with van der Waals surface area (Å²) in [5, 5.41) is 11.6. The molecule has 0 aliphatic heterocycles. The molecule has 0 N–H and O–H groups in total. The third-order valence-corrected chi connectivity index (χ3v) is 3.60. The topological polar surface area (TPSA) is 30.7 Å². The maximum Gasteiger partial charge on any atom is 0.116 e. The molecule has 4 rings (SSSR count). The van der Waals surface area contributed by atoms with E-state index in [0.29, 0.717) is 0 Å². The molecule has 0 aliphatic carbocycles. The van der Waals surface area contributed by atoms with Gasteiger partial charge in [0.15, 0.2) is 0 Å². The van der Waals surface area contributed by atoms with Crippen LogP contribution in [0.4, 0.5) is 0 Å². The Morgan fingerprint density at radius 2 is 1.60 bits per heavy atom. The van der Waals surface area contributed by atoms with Crippen LogP contribution in [0.25, 0.3) is 27.5 Å². The SMILES string of the molecule is Cc1cccc2nn(-c3cccc4ccccc34)nc12. The van der Waals surface area contributed by atoms with E-state index in [4.69, 9.17) is 0 Å². The number of aromatic nitrogens is 3. The Labute approximate surface area is 116 Å². The summed E-state index contributed by atoms with van der Waals surface area (Å²) in [5.41, 5.74) is 4.05. The highest BCUT2D eigenvalue weighted by Gasteiger charge is 2.08. The Morgan fingerprint density at radius 1 is 0.800 bits per heavy atom. The van der Waals surface area contributed by atoms with Crippen molar-refractivity contribution in [2.45, 2.75) is 6.92 Å². The molecule has 0 bridgehead atoms. The normalized spacial score (nSPS) is 11.2. The monoisotopic (exact) mass is 259 g/mol. The van der Waals surface area contributed by atoms with Crippen LogP contribution in [0.5, 0.6) is 0 Å². The summed E-state index contributed by atoms with van der Waals surface area (Å²) in [6.45, 7) is 2.06. The van der Waals surface area contributed by atoms with Gasteiger partial charge in [0.25, 0.3) is 0 Å². The van der Waals surface area contributed by atoms with Crippen LogP contribution in [-0.2, 0) is 0 Å². The first kappa shape index (κ1) is 11.2. The fourth-order valence-electron chi connectivity index (χ4n) is 2.56. The van der Waals surface area contributed by atoms with Crippen LogP contribution >= 0.6 is 0 Å². The van der Waals surface area contributed by atoms with Gasteiger partial charge in [-0.15, -0.1) is 15.0 Å². The Balaban J connectivity index is 2.04. The highest BCUT2D eigenvalue weighted by Crippen LogP contribution is 2.22. The molecule has 1 aromatic heterocycles. The molecule has 0 amide bonds. The van der Waals surface area contributed by atoms with Gasteiger partial charge in [-0.25, -0.2) is 0 Å². The summed E-state index contributed by atoms with van der Waals surface area (Å²) in [7, 11) is 0. The lowest BCUT2D eigenvalue weighted by atomic mass is 10.1. The van der Waals surface area contributed by atoms with E-state index in [1.807, 2.05) is 30.3 Å². The van der Waals surface area contributed by atoms with Crippen LogP contribution in [-0.4, -0.2) is 15.0 Å². The Kier molecular flexibility index (Phi) is 2.33. The van der Waals surface area contributed by atoms with E-state index >= 15 is 0 Å². The summed E-state index contributed by atoms with van der Waals surface area (Å²) in [6.07, 6.45) is 0. The second kappa shape index (κ2) is 4.17. The van der Waals surface area contributed by atoms with Gasteiger partial charge in [-0.05, 0) is 30.0 Å². The molecule has 3 nitrogen and oxygen atoms in total. The van der Waals surface area contributed by atoms with E-state index in [2.05, 4.69) is 47.5 Å². The average Bonchev–Trinajstić information content (AvgIpc) is 2.92. The third kappa shape index (κ3) is 1.60. The number of hydrogen-bond acceptors (Lipinski definition) is 2. The fourth-order valence-corrected chi connectivity index (χ4v) is 2.56. The number of hydrogen-bond donors (Lipinski definition) is 0. The summed E-state index contributed by atoms with van der Waals surface area (Å²) in [6, 6.07) is 20.6. The van der Waals surface area contributed by atoms with Gasteiger partial charge in [0.2, 0.25) is 0 Å². The number of fused-ring (bicyclic) bond motifs is 2. The van der Waals surface area contributed by atoms with E-state index < -0.39 is 0 Å². The standard InChI is InChI=1S/C17H13N3/c1-12-6-4-10-15-17(12)19-20(18-15)16-11-5-8-13-7-2-3-9-14(13)16/h2-11H,1H3. The maximum absolute atomic E-state index is 4.64. The predicted octanol–water partition coefficient (Wildman–Crippen LogP) is 3.88. The molecule has 0 saturated carbocycles. The van der Waals surface area contributed by atoms with Crippen LogP contribution in [0.15, 0.2) is 60.7 Å². The first-order valence-corrected chi connectivity index (χ1v) is 6.64. The maximum atomic E-state index is 4.64. The smallest absolute Gasteiger partial charge is 0.116 e. The van der Waals surface area contributed by atoms with Crippen molar-refractivity contribution in [2.75, 3.05) is 0 Å². The van der Waals surface area contributed by atoms with Crippen molar-refractivity contribution in [3.05, 3.63) is 66.2 Å². The molecule has 3 heteroatoms. The van der Waals surface area contributed by atoms with E-state index in [9.17, 15) is 0 Å². The van der Waals surface area contributed by atoms with E-state index in [0.717, 1.165) is 27.7 Å². The van der Waals surface area contributed by atoms with Gasteiger partial charge in [-0.2, -0.15) is 0 Å². The number of aryl methyl sites for hydroxylation is 1. The minimum atomic E-state index is 0.929. The third-order valence-electron chi connectivity index (χ3n) is 3.60. The molecule has 0 unspecified atom stereocenters. The molecule has 4 aromatic rings. The molecule has 0 atom stereocenters. The predicted molar refractivity (Wildman–Crippen MR) is 81.1 cm³/mol. The van der Waals surface area contributed by atoms with Gasteiger partial charge in [-0.3, -0.25) is 0 Å². The first-order valence-electron chi connectivity index (χ1n) is 6.64. The molecule has 0 fully saturated rings. The van der Waals surface area contributed by atoms with Gasteiger partial charge < -0.3 is 0 Å². The van der Waals surface area contributed by atoms with Crippen molar-refractivity contribution in [3.63, 3.8) is 0 Å². The Hall–Kier alpha value is -2.68. The quantitative estimate of drug-likeness (QED) is 0.519. The van der Waals surface area contributed by atoms with Crippen LogP contribution in [0.1, 0.15) is 5.56 Å². The first-order chi connectivity index (χ1) is 9.83. The molecule has 0 aliphatic rings. The van der Waals surface area contributed by atoms with Crippen molar-refractivity contribution >= 4 is 21.8 Å². The van der Waals surface area contributed by atoms with Crippen LogP contribution < -0.4 is 0 Å². The lowest BCUT2D eigenvalue weighted by Gasteiger charge is -2.04. The second-order valence-corrected chi connectivity index (χ2v) is 4.93. The highest BCUT2D eigenvalue weighted by molar-refractivity contribution is 5.90. The summed E-state index contributed by atoms with van der Waals surface area (Å²) in [4.78, 5) is 1.74. The molecule has 1 heterocycles. The minimum absolute atomic E-state index is 0.929. The number of rotatable bonds is 1. The van der Waals surface area contributed by atoms with Gasteiger partial charge in [-0.1, -0.05) is 48.5 Å². The molecule has 0 radical (unpaired) electrons. The highest BCUT2D eigenvalue weighted by atomic mass is 15.5. The van der Waals surface area contributed by atoms with E-state index in [1.54, 1.807) is 4.80 Å². The largest absolute Gasteiger partial charge is 0.150 e. The number of nitrogens with zero attached hydrogens (tertiary/aromatic N) is 3. The Bertz CT molecular complexity index is 916. The van der Waals surface area contributed by atoms with E-state index in [-0.39, 0.29) is 0 Å². The van der Waals surface area contributed by atoms with Crippen molar-refractivity contribution in [1.29, 1.82) is 0 Å². The molecule has 96 valence electrons. The molecule has 0 spiro atoms. The van der Waals surface area contributed by atoms with Gasteiger partial charge in [0, 0.05) is 5.39 Å².